The van der Waals surface area contributed by atoms with Gasteiger partial charge in [-0.3, -0.25) is 14.5 Å². The highest BCUT2D eigenvalue weighted by Crippen LogP contribution is 2.41. The fraction of sp³-hybridized carbons (Fsp3) is 0.130. The van der Waals surface area contributed by atoms with Crippen LogP contribution >= 0.6 is 0 Å². The van der Waals surface area contributed by atoms with E-state index in [1.54, 1.807) is 23.1 Å². The maximum atomic E-state index is 14.0. The van der Waals surface area contributed by atoms with E-state index in [2.05, 4.69) is 4.98 Å². The number of amides is 1. The van der Waals surface area contributed by atoms with Crippen LogP contribution in [0.5, 0.6) is 0 Å². The standard InChI is InChI=1S/C23H15F4N3O2/c24-15-5-7-18-13(10-15)2-1-3-17-20(8-9-21(31)28-17)30-12-29(18)19-6-4-14(23(25,26)27)11-16(19)22(30)32/h1,3-11H,2,12H2,(H,28,31)/b3-1+. The summed E-state index contributed by atoms with van der Waals surface area (Å²) >= 11 is 0. The van der Waals surface area contributed by atoms with E-state index in [1.165, 1.54) is 35.2 Å². The number of nitrogens with one attached hydrogen (secondary N) is 1. The van der Waals surface area contributed by atoms with Crippen LogP contribution in [0, 0.1) is 5.82 Å². The normalized spacial score (nSPS) is 16.2. The third-order valence-electron chi connectivity index (χ3n) is 5.54. The summed E-state index contributed by atoms with van der Waals surface area (Å²) in [5.41, 5.74) is 0.666. The van der Waals surface area contributed by atoms with Crippen molar-refractivity contribution in [2.75, 3.05) is 16.5 Å². The molecule has 1 aromatic heterocycles. The molecule has 0 saturated heterocycles. The first-order valence-corrected chi connectivity index (χ1v) is 9.71. The number of benzene rings is 2. The predicted octanol–water partition coefficient (Wildman–Crippen LogP) is 4.86. The smallest absolute Gasteiger partial charge is 0.322 e. The van der Waals surface area contributed by atoms with Gasteiger partial charge < -0.3 is 9.88 Å². The molecular weight excluding hydrogens is 426 g/mol. The zero-order valence-electron chi connectivity index (χ0n) is 16.4. The zero-order valence-corrected chi connectivity index (χ0v) is 16.4. The highest BCUT2D eigenvalue weighted by Gasteiger charge is 2.37. The largest absolute Gasteiger partial charge is 0.416 e. The van der Waals surface area contributed by atoms with Crippen molar-refractivity contribution in [2.45, 2.75) is 12.6 Å². The molecule has 0 aliphatic carbocycles. The molecule has 2 aromatic carbocycles. The Morgan fingerprint density at radius 2 is 1.62 bits per heavy atom. The number of hydrogen-bond acceptors (Lipinski definition) is 3. The van der Waals surface area contributed by atoms with Crippen molar-refractivity contribution in [2.24, 2.45) is 0 Å². The number of aromatic amines is 1. The van der Waals surface area contributed by atoms with Gasteiger partial charge in [-0.05, 0) is 60.5 Å². The lowest BCUT2D eigenvalue weighted by molar-refractivity contribution is -0.137. The fourth-order valence-corrected chi connectivity index (χ4v) is 4.07. The Labute approximate surface area is 179 Å². The second kappa shape index (κ2) is 7.08. The molecule has 3 aromatic rings. The van der Waals surface area contributed by atoms with Crippen molar-refractivity contribution < 1.29 is 22.4 Å². The van der Waals surface area contributed by atoms with E-state index in [4.69, 9.17) is 0 Å². The number of H-pyrrole nitrogens is 1. The summed E-state index contributed by atoms with van der Waals surface area (Å²) in [5, 5.41) is 0. The second-order valence-corrected chi connectivity index (χ2v) is 7.53. The zero-order chi connectivity index (χ0) is 22.6. The molecule has 3 heterocycles. The van der Waals surface area contributed by atoms with Gasteiger partial charge in [0.1, 0.15) is 12.5 Å². The van der Waals surface area contributed by atoms with Gasteiger partial charge in [0.2, 0.25) is 5.56 Å². The number of aromatic nitrogens is 1. The average molecular weight is 441 g/mol. The number of alkyl halides is 3. The molecule has 5 nitrogen and oxygen atoms in total. The van der Waals surface area contributed by atoms with Crippen LogP contribution in [0.25, 0.3) is 6.08 Å². The Morgan fingerprint density at radius 3 is 2.41 bits per heavy atom. The highest BCUT2D eigenvalue weighted by atomic mass is 19.4. The lowest BCUT2D eigenvalue weighted by Crippen LogP contribution is -2.46. The summed E-state index contributed by atoms with van der Waals surface area (Å²) in [6.07, 6.45) is -0.977. The minimum absolute atomic E-state index is 0.0251. The molecular formula is C23H15F4N3O2. The summed E-state index contributed by atoms with van der Waals surface area (Å²) < 4.78 is 54.1. The average Bonchev–Trinajstić information content (AvgIpc) is 2.74. The number of pyridine rings is 1. The van der Waals surface area contributed by atoms with Crippen molar-refractivity contribution in [1.29, 1.82) is 0 Å². The summed E-state index contributed by atoms with van der Waals surface area (Å²) in [5.74, 6) is -1.09. The predicted molar refractivity (Wildman–Crippen MR) is 111 cm³/mol. The van der Waals surface area contributed by atoms with Crippen LogP contribution in [0.4, 0.5) is 34.6 Å². The molecule has 0 fully saturated rings. The van der Waals surface area contributed by atoms with Crippen molar-refractivity contribution in [1.82, 2.24) is 4.98 Å². The van der Waals surface area contributed by atoms with Crippen LogP contribution in [-0.4, -0.2) is 17.6 Å². The van der Waals surface area contributed by atoms with E-state index in [1.807, 2.05) is 0 Å². The van der Waals surface area contributed by atoms with Gasteiger partial charge in [-0.25, -0.2) is 4.39 Å². The molecule has 32 heavy (non-hydrogen) atoms. The molecule has 1 N–H and O–H groups in total. The molecule has 0 spiro atoms. The number of anilines is 3. The maximum Gasteiger partial charge on any atom is 0.416 e. The summed E-state index contributed by atoms with van der Waals surface area (Å²) in [6.45, 7) is -0.0251. The van der Waals surface area contributed by atoms with Crippen LogP contribution in [0.2, 0.25) is 0 Å². The highest BCUT2D eigenvalue weighted by molar-refractivity contribution is 6.13. The van der Waals surface area contributed by atoms with Gasteiger partial charge in [0.25, 0.3) is 5.91 Å². The van der Waals surface area contributed by atoms with Crippen molar-refractivity contribution in [3.05, 3.63) is 93.2 Å². The summed E-state index contributed by atoms with van der Waals surface area (Å²) in [6, 6.07) is 9.88. The summed E-state index contributed by atoms with van der Waals surface area (Å²) in [7, 11) is 0. The molecule has 2 bridgehead atoms. The first-order valence-electron chi connectivity index (χ1n) is 9.71. The van der Waals surface area contributed by atoms with Gasteiger partial charge >= 0.3 is 6.18 Å². The number of halogens is 4. The SMILES string of the molecule is O=C1c2cc(C(F)(F)F)ccc2N2CN1c1ccc(=O)[nH]c1/C=C/Cc1cc(F)ccc12. The lowest BCUT2D eigenvalue weighted by Gasteiger charge is -2.39. The first kappa shape index (κ1) is 20.0. The third kappa shape index (κ3) is 3.26. The molecule has 0 atom stereocenters. The van der Waals surface area contributed by atoms with E-state index < -0.39 is 29.0 Å². The summed E-state index contributed by atoms with van der Waals surface area (Å²) in [4.78, 5) is 30.8. The van der Waals surface area contributed by atoms with Gasteiger partial charge in [0.05, 0.1) is 28.2 Å². The number of carbonyl (C=O) groups excluding carboxylic acids is 1. The number of fused-ring (bicyclic) bond motifs is 8. The molecule has 0 radical (unpaired) electrons. The number of rotatable bonds is 0. The van der Waals surface area contributed by atoms with Crippen LogP contribution < -0.4 is 15.4 Å². The second-order valence-electron chi connectivity index (χ2n) is 7.53. The maximum absolute atomic E-state index is 14.0. The van der Waals surface area contributed by atoms with E-state index in [9.17, 15) is 27.2 Å². The minimum atomic E-state index is -4.62. The van der Waals surface area contributed by atoms with E-state index in [-0.39, 0.29) is 12.2 Å². The Morgan fingerprint density at radius 1 is 0.875 bits per heavy atom. The van der Waals surface area contributed by atoms with Crippen LogP contribution in [0.1, 0.15) is 27.2 Å². The number of hydrogen-bond donors (Lipinski definition) is 1. The number of carbonyl (C=O) groups is 1. The third-order valence-corrected chi connectivity index (χ3v) is 5.54. The molecule has 1 amide bonds. The Bertz CT molecular complexity index is 1340. The van der Waals surface area contributed by atoms with Gasteiger partial charge in [0.15, 0.2) is 0 Å². The van der Waals surface area contributed by atoms with Crippen molar-refractivity contribution in [3.63, 3.8) is 0 Å². The van der Waals surface area contributed by atoms with Gasteiger partial charge in [-0.15, -0.1) is 0 Å². The fourth-order valence-electron chi connectivity index (χ4n) is 4.07. The minimum Gasteiger partial charge on any atom is -0.322 e. The Balaban J connectivity index is 1.80. The van der Waals surface area contributed by atoms with E-state index in [0.29, 0.717) is 34.7 Å². The monoisotopic (exact) mass is 441 g/mol. The van der Waals surface area contributed by atoms with Crippen LogP contribution in [0.3, 0.4) is 0 Å². The molecule has 2 aliphatic rings. The van der Waals surface area contributed by atoms with Crippen LogP contribution in [0.15, 0.2) is 59.4 Å². The Kier molecular flexibility index (Phi) is 4.44. The molecule has 162 valence electrons. The number of allylic oxidation sites excluding steroid dienone is 1. The topological polar surface area (TPSA) is 56.4 Å². The molecule has 9 heteroatoms. The van der Waals surface area contributed by atoms with E-state index >= 15 is 0 Å². The molecule has 2 aliphatic heterocycles. The molecule has 0 saturated carbocycles. The van der Waals surface area contributed by atoms with Crippen LogP contribution in [-0.2, 0) is 12.6 Å². The van der Waals surface area contributed by atoms with Gasteiger partial charge in [-0.1, -0.05) is 6.08 Å². The quantitative estimate of drug-likeness (QED) is 0.507. The van der Waals surface area contributed by atoms with Gasteiger partial charge in [-0.2, -0.15) is 13.2 Å². The van der Waals surface area contributed by atoms with Crippen molar-refractivity contribution >= 4 is 29.0 Å². The first-order chi connectivity index (χ1) is 15.2. The van der Waals surface area contributed by atoms with Crippen molar-refractivity contribution in [3.8, 4) is 0 Å². The molecule has 5 rings (SSSR count). The Hall–Kier alpha value is -3.88. The van der Waals surface area contributed by atoms with E-state index in [0.717, 1.165) is 12.1 Å². The number of nitrogens with zero attached hydrogens (tertiary/aromatic N) is 2. The van der Waals surface area contributed by atoms with Gasteiger partial charge in [0, 0.05) is 11.8 Å². The lowest BCUT2D eigenvalue weighted by atomic mass is 10.00. The molecule has 0 unspecified atom stereocenters.